The van der Waals surface area contributed by atoms with Gasteiger partial charge in [-0.15, -0.1) is 0 Å². The number of nitrogens with one attached hydrogen (secondary N) is 3. The van der Waals surface area contributed by atoms with Gasteiger partial charge in [-0.05, 0) is 98.8 Å². The summed E-state index contributed by atoms with van der Waals surface area (Å²) in [5.74, 6) is -1.17. The first-order valence-corrected chi connectivity index (χ1v) is 19.3. The van der Waals surface area contributed by atoms with E-state index in [0.29, 0.717) is 65.3 Å². The molecule has 1 atom stereocenters. The second-order valence-corrected chi connectivity index (χ2v) is 14.3. The van der Waals surface area contributed by atoms with Crippen LogP contribution in [0.25, 0.3) is 10.9 Å². The minimum atomic E-state index is -0.361. The summed E-state index contributed by atoms with van der Waals surface area (Å²) in [5, 5.41) is 6.64. The fraction of sp³-hybridized carbons (Fsp3) is 0.311. The lowest BCUT2D eigenvalue weighted by atomic mass is 10.0. The molecule has 0 aliphatic carbocycles. The molecule has 2 heterocycles. The molecule has 1 aliphatic rings. The molecule has 0 spiro atoms. The lowest BCUT2D eigenvalue weighted by Gasteiger charge is -2.25. The lowest BCUT2D eigenvalue weighted by molar-refractivity contribution is -0.145. The molecule has 1 unspecified atom stereocenters. The van der Waals surface area contributed by atoms with Gasteiger partial charge < -0.3 is 30.0 Å². The number of hydrogen-bond donors (Lipinski definition) is 3. The summed E-state index contributed by atoms with van der Waals surface area (Å²) in [4.78, 5) is 70.8. The number of aromatic amines is 1. The van der Waals surface area contributed by atoms with Crippen molar-refractivity contribution in [1.29, 1.82) is 0 Å². The zero-order valence-corrected chi connectivity index (χ0v) is 32.6. The second-order valence-electron chi connectivity index (χ2n) is 14.3. The summed E-state index contributed by atoms with van der Waals surface area (Å²) in [6, 6.07) is 30.1. The minimum Gasteiger partial charge on any atom is -0.466 e. The van der Waals surface area contributed by atoms with Crippen LogP contribution in [0.3, 0.4) is 0 Å². The van der Waals surface area contributed by atoms with Gasteiger partial charge in [-0.1, -0.05) is 54.6 Å². The molecular weight excluding hydrogens is 723 g/mol. The number of carbonyl (C=O) groups is 5. The molecule has 6 rings (SSSR count). The van der Waals surface area contributed by atoms with Crippen LogP contribution >= 0.6 is 0 Å². The number of fused-ring (bicyclic) bond motifs is 1. The number of para-hydroxylation sites is 1. The van der Waals surface area contributed by atoms with Crippen molar-refractivity contribution in [3.63, 3.8) is 0 Å². The van der Waals surface area contributed by atoms with Gasteiger partial charge in [0, 0.05) is 54.3 Å². The number of anilines is 2. The third-order valence-corrected chi connectivity index (χ3v) is 10.3. The van der Waals surface area contributed by atoms with Crippen molar-refractivity contribution < 1.29 is 33.4 Å². The maximum absolute atomic E-state index is 13.8. The van der Waals surface area contributed by atoms with Gasteiger partial charge in [0.1, 0.15) is 5.82 Å². The van der Waals surface area contributed by atoms with Crippen molar-refractivity contribution in [1.82, 2.24) is 14.8 Å². The summed E-state index contributed by atoms with van der Waals surface area (Å²) < 4.78 is 9.72. The number of methoxy groups -OCH3 is 1. The van der Waals surface area contributed by atoms with Crippen molar-refractivity contribution >= 4 is 52.1 Å². The number of likely N-dealkylation sites (N-methyl/N-ethyl adjacent to an activating group) is 1. The van der Waals surface area contributed by atoms with Crippen molar-refractivity contribution in [3.8, 4) is 0 Å². The van der Waals surface area contributed by atoms with Crippen LogP contribution in [0.1, 0.15) is 80.4 Å². The van der Waals surface area contributed by atoms with E-state index in [1.54, 1.807) is 30.0 Å². The highest BCUT2D eigenvalue weighted by molar-refractivity contribution is 6.19. The van der Waals surface area contributed by atoms with Crippen LogP contribution < -0.4 is 10.6 Å². The van der Waals surface area contributed by atoms with Crippen molar-refractivity contribution in [2.24, 2.45) is 0 Å². The van der Waals surface area contributed by atoms with Crippen molar-refractivity contribution in [3.05, 3.63) is 130 Å². The van der Waals surface area contributed by atoms with Gasteiger partial charge in [0.2, 0.25) is 5.91 Å². The molecule has 57 heavy (non-hydrogen) atoms. The van der Waals surface area contributed by atoms with E-state index >= 15 is 0 Å². The topological polar surface area (TPSA) is 150 Å². The molecule has 1 aliphatic heterocycles. The van der Waals surface area contributed by atoms with Crippen LogP contribution in [0.4, 0.5) is 11.5 Å². The van der Waals surface area contributed by atoms with E-state index in [1.807, 2.05) is 85.9 Å². The van der Waals surface area contributed by atoms with Crippen LogP contribution in [0, 0.1) is 0 Å². The number of aryl methyl sites for hydroxylation is 2. The van der Waals surface area contributed by atoms with E-state index in [9.17, 15) is 24.0 Å². The van der Waals surface area contributed by atoms with Gasteiger partial charge in [0.05, 0.1) is 31.3 Å². The standard InChI is InChI=1S/C45H49N5O7/c1-4-57-40(52)24-23-39(51)50-26-25-36(29-50)49(2)28-32-11-8-12-34(27-32)43(53)48-42-41(37-13-5-6-14-38(37)47-42)44(54)46-35-21-17-31(18-22-35)10-7-9-30-15-19-33(20-16-30)45(55)56-3/h5-6,8,11-22,27,36,47H,4,7,9-10,23-26,28-29H2,1-3H3,(H,46,54)(H,48,53). The van der Waals surface area contributed by atoms with E-state index < -0.39 is 0 Å². The largest absolute Gasteiger partial charge is 0.466 e. The lowest BCUT2D eigenvalue weighted by Crippen LogP contribution is -2.36. The number of amides is 3. The maximum Gasteiger partial charge on any atom is 0.337 e. The Labute approximate surface area is 332 Å². The monoisotopic (exact) mass is 771 g/mol. The maximum atomic E-state index is 13.8. The number of rotatable bonds is 16. The fourth-order valence-electron chi connectivity index (χ4n) is 7.18. The van der Waals surface area contributed by atoms with Crippen molar-refractivity contribution in [2.75, 3.05) is 44.5 Å². The van der Waals surface area contributed by atoms with E-state index in [1.165, 1.54) is 7.11 Å². The van der Waals surface area contributed by atoms with Crippen LogP contribution in [0.15, 0.2) is 97.1 Å². The van der Waals surface area contributed by atoms with Gasteiger partial charge in [-0.25, -0.2) is 4.79 Å². The van der Waals surface area contributed by atoms with E-state index in [4.69, 9.17) is 9.47 Å². The first-order chi connectivity index (χ1) is 27.6. The van der Waals surface area contributed by atoms with Gasteiger partial charge in [0.25, 0.3) is 11.8 Å². The second kappa shape index (κ2) is 19.1. The number of ether oxygens (including phenoxy) is 2. The minimum absolute atomic E-state index is 0.0501. The summed E-state index contributed by atoms with van der Waals surface area (Å²) in [5.41, 5.74) is 5.87. The van der Waals surface area contributed by atoms with Gasteiger partial charge >= 0.3 is 11.9 Å². The van der Waals surface area contributed by atoms with E-state index in [2.05, 4.69) is 20.5 Å². The van der Waals surface area contributed by atoms with Crippen LogP contribution in [0.2, 0.25) is 0 Å². The number of esters is 2. The molecule has 12 nitrogen and oxygen atoms in total. The zero-order chi connectivity index (χ0) is 40.3. The Morgan fingerprint density at radius 3 is 2.25 bits per heavy atom. The number of benzene rings is 4. The smallest absolute Gasteiger partial charge is 0.337 e. The molecule has 1 aromatic heterocycles. The molecule has 0 saturated carbocycles. The highest BCUT2D eigenvalue weighted by Crippen LogP contribution is 2.28. The molecule has 1 fully saturated rings. The highest BCUT2D eigenvalue weighted by Gasteiger charge is 2.29. The number of aromatic nitrogens is 1. The molecule has 1 saturated heterocycles. The summed E-state index contributed by atoms with van der Waals surface area (Å²) in [7, 11) is 3.37. The molecule has 296 valence electrons. The zero-order valence-electron chi connectivity index (χ0n) is 32.6. The Hall–Kier alpha value is -6.27. The Morgan fingerprint density at radius 1 is 0.807 bits per heavy atom. The molecule has 4 aromatic carbocycles. The van der Waals surface area contributed by atoms with Gasteiger partial charge in [-0.3, -0.25) is 24.1 Å². The van der Waals surface area contributed by atoms with Crippen molar-refractivity contribution in [2.45, 2.75) is 58.0 Å². The highest BCUT2D eigenvalue weighted by atomic mass is 16.5. The van der Waals surface area contributed by atoms with E-state index in [-0.39, 0.29) is 48.5 Å². The SMILES string of the molecule is CCOC(=O)CCC(=O)N1CCC(N(C)Cc2cccc(C(=O)Nc3[nH]c4ccccc4c3C(=O)Nc3ccc(CCCc4ccc(C(=O)OC)cc4)cc3)c2)C1. The predicted octanol–water partition coefficient (Wildman–Crippen LogP) is 7.01. The first-order valence-electron chi connectivity index (χ1n) is 19.3. The normalized spacial score (nSPS) is 13.8. The summed E-state index contributed by atoms with van der Waals surface area (Å²) in [6.07, 6.45) is 3.67. The average Bonchev–Trinajstić information content (AvgIpc) is 3.87. The molecule has 3 N–H and O–H groups in total. The Morgan fingerprint density at radius 2 is 1.53 bits per heavy atom. The Balaban J connectivity index is 1.05. The molecule has 5 aromatic rings. The number of H-pyrrole nitrogens is 1. The summed E-state index contributed by atoms with van der Waals surface area (Å²) in [6.45, 7) is 3.82. The van der Waals surface area contributed by atoms with Gasteiger partial charge in [-0.2, -0.15) is 0 Å². The molecule has 0 radical (unpaired) electrons. The first kappa shape index (κ1) is 40.4. The number of carbonyl (C=O) groups excluding carboxylic acids is 5. The molecule has 3 amide bonds. The third kappa shape index (κ3) is 10.5. The van der Waals surface area contributed by atoms with Gasteiger partial charge in [0.15, 0.2) is 0 Å². The Kier molecular flexibility index (Phi) is 13.5. The average molecular weight is 772 g/mol. The predicted molar refractivity (Wildman–Crippen MR) is 219 cm³/mol. The number of hydrogen-bond acceptors (Lipinski definition) is 8. The quantitative estimate of drug-likeness (QED) is 0.0908. The van der Waals surface area contributed by atoms with Crippen LogP contribution in [-0.2, 0) is 38.4 Å². The summed E-state index contributed by atoms with van der Waals surface area (Å²) >= 11 is 0. The number of nitrogens with zero attached hydrogens (tertiary/aromatic N) is 2. The van der Waals surface area contributed by atoms with E-state index in [0.717, 1.165) is 42.4 Å². The third-order valence-electron chi connectivity index (χ3n) is 10.3. The van der Waals surface area contributed by atoms with Crippen LogP contribution in [0.5, 0.6) is 0 Å². The Bertz CT molecular complexity index is 2210. The molecule has 12 heteroatoms. The number of likely N-dealkylation sites (tertiary alicyclic amines) is 1. The molecule has 0 bridgehead atoms. The fourth-order valence-corrected chi connectivity index (χ4v) is 7.18. The van der Waals surface area contributed by atoms with Crippen LogP contribution in [-0.4, -0.2) is 84.3 Å². The molecular formula is C45H49N5O7.